The molecule has 0 aliphatic carbocycles. The lowest BCUT2D eigenvalue weighted by molar-refractivity contribution is -0.385. The van der Waals surface area contributed by atoms with Crippen LogP contribution in [0.2, 0.25) is 0 Å². The average molecular weight is 469 g/mol. The summed E-state index contributed by atoms with van der Waals surface area (Å²) in [5.74, 6) is -1.27. The number of nitro benzene ring substituents is 1. The second kappa shape index (κ2) is 9.32. The number of rotatable bonds is 8. The Morgan fingerprint density at radius 3 is 2.72 bits per heavy atom. The fourth-order valence-electron chi connectivity index (χ4n) is 3.63. The Labute approximate surface area is 182 Å². The first-order valence-corrected chi connectivity index (χ1v) is 11.3. The minimum Gasteiger partial charge on any atom is -0.394 e. The van der Waals surface area contributed by atoms with Crippen molar-refractivity contribution in [2.24, 2.45) is 0 Å². The van der Waals surface area contributed by atoms with Crippen LogP contribution in [-0.2, 0) is 19.0 Å². The van der Waals surface area contributed by atoms with E-state index in [-0.39, 0.29) is 23.2 Å². The number of nitrogens with one attached hydrogen (secondary N) is 1. The quantitative estimate of drug-likeness (QED) is 0.318. The van der Waals surface area contributed by atoms with Gasteiger partial charge >= 0.3 is 5.69 Å². The van der Waals surface area contributed by atoms with Crippen LogP contribution in [0.1, 0.15) is 36.6 Å². The summed E-state index contributed by atoms with van der Waals surface area (Å²) in [5, 5.41) is 20.8. The molecule has 13 heteroatoms. The third kappa shape index (κ3) is 5.12. The van der Waals surface area contributed by atoms with E-state index < -0.39 is 63.0 Å². The molecule has 2 N–H and O–H groups in total. The van der Waals surface area contributed by atoms with Crippen LogP contribution in [0.4, 0.5) is 5.69 Å². The number of nitrogens with zero attached hydrogens (tertiary/aromatic N) is 2. The summed E-state index contributed by atoms with van der Waals surface area (Å²) in [4.78, 5) is 36.5. The van der Waals surface area contributed by atoms with E-state index in [0.29, 0.717) is 0 Å². The molecule has 12 nitrogen and oxygen atoms in total. The Morgan fingerprint density at radius 1 is 1.38 bits per heavy atom. The number of hydrogen-bond acceptors (Lipinski definition) is 9. The normalized spacial score (nSPS) is 22.0. The first-order chi connectivity index (χ1) is 15.0. The number of H-pyrrole nitrogens is 1. The minimum atomic E-state index is -4.19. The van der Waals surface area contributed by atoms with Crippen molar-refractivity contribution in [2.75, 3.05) is 12.4 Å². The Hall–Kier alpha value is -2.87. The van der Waals surface area contributed by atoms with Gasteiger partial charge in [-0.15, -0.1) is 0 Å². The fourth-order valence-corrected chi connectivity index (χ4v) is 5.08. The van der Waals surface area contributed by atoms with Crippen LogP contribution in [0.15, 0.2) is 40.1 Å². The van der Waals surface area contributed by atoms with Gasteiger partial charge in [-0.3, -0.25) is 28.6 Å². The smallest absolute Gasteiger partial charge is 0.330 e. The van der Waals surface area contributed by atoms with Gasteiger partial charge in [0.2, 0.25) is 0 Å². The van der Waals surface area contributed by atoms with Gasteiger partial charge in [-0.1, -0.05) is 25.1 Å². The number of nitro groups is 1. The molecule has 2 aromatic rings. The van der Waals surface area contributed by atoms with Crippen molar-refractivity contribution in [3.8, 4) is 0 Å². The molecule has 0 radical (unpaired) electrons. The van der Waals surface area contributed by atoms with Gasteiger partial charge in [0.15, 0.2) is 0 Å². The van der Waals surface area contributed by atoms with Crippen molar-refractivity contribution >= 4 is 15.8 Å². The minimum absolute atomic E-state index is 0.0737. The van der Waals surface area contributed by atoms with Gasteiger partial charge in [-0.05, 0) is 6.92 Å². The standard InChI is InChI=1S/C19H23N3O9S/c1-11-8-21(19(25)20-18(11)24)17-7-15(16(9-23)30-17)31-32(28,29)10-12(2)13-5-3-4-6-14(13)22(26)27/h3-6,8,12,15-17,23H,7,9-10H2,1-2H3,(H,20,24,25)/t12?,15-,16+,17+/m0/s1. The van der Waals surface area contributed by atoms with E-state index in [1.807, 2.05) is 0 Å². The van der Waals surface area contributed by atoms with Crippen LogP contribution < -0.4 is 11.2 Å². The number of aromatic amines is 1. The third-order valence-electron chi connectivity index (χ3n) is 5.21. The van der Waals surface area contributed by atoms with Crippen molar-refractivity contribution in [1.29, 1.82) is 0 Å². The van der Waals surface area contributed by atoms with Crippen molar-refractivity contribution < 1.29 is 27.4 Å². The Kier molecular flexibility index (Phi) is 6.93. The van der Waals surface area contributed by atoms with E-state index in [0.717, 1.165) is 4.57 Å². The van der Waals surface area contributed by atoms with Gasteiger partial charge in [0.1, 0.15) is 18.4 Å². The predicted molar refractivity (Wildman–Crippen MR) is 112 cm³/mol. The maximum Gasteiger partial charge on any atom is 0.330 e. The highest BCUT2D eigenvalue weighted by atomic mass is 32.2. The van der Waals surface area contributed by atoms with Crippen molar-refractivity contribution in [1.82, 2.24) is 9.55 Å². The molecule has 1 aromatic heterocycles. The number of para-hydroxylation sites is 1. The molecule has 1 aliphatic rings. The molecule has 1 saturated heterocycles. The first kappa shape index (κ1) is 23.8. The van der Waals surface area contributed by atoms with Gasteiger partial charge in [0, 0.05) is 35.7 Å². The van der Waals surface area contributed by atoms with E-state index in [2.05, 4.69) is 4.98 Å². The van der Waals surface area contributed by atoms with Crippen molar-refractivity contribution in [3.05, 3.63) is 72.5 Å². The summed E-state index contributed by atoms with van der Waals surface area (Å²) in [6.45, 7) is 2.46. The summed E-state index contributed by atoms with van der Waals surface area (Å²) in [5.41, 5.74) is -0.984. The highest BCUT2D eigenvalue weighted by Crippen LogP contribution is 2.32. The van der Waals surface area contributed by atoms with Crippen molar-refractivity contribution in [3.63, 3.8) is 0 Å². The third-order valence-corrected chi connectivity index (χ3v) is 6.65. The number of aromatic nitrogens is 2. The van der Waals surface area contributed by atoms with Gasteiger partial charge in [0.05, 0.1) is 17.3 Å². The molecular weight excluding hydrogens is 446 g/mol. The Morgan fingerprint density at radius 2 is 2.06 bits per heavy atom. The summed E-state index contributed by atoms with van der Waals surface area (Å²) < 4.78 is 37.3. The molecule has 2 heterocycles. The maximum absolute atomic E-state index is 12.7. The molecule has 0 saturated carbocycles. The van der Waals surface area contributed by atoms with Crippen LogP contribution in [0.5, 0.6) is 0 Å². The maximum atomic E-state index is 12.7. The topological polar surface area (TPSA) is 171 Å². The highest BCUT2D eigenvalue weighted by Gasteiger charge is 2.40. The van der Waals surface area contributed by atoms with Gasteiger partial charge < -0.3 is 9.84 Å². The highest BCUT2D eigenvalue weighted by molar-refractivity contribution is 7.86. The molecule has 4 atom stereocenters. The lowest BCUT2D eigenvalue weighted by Gasteiger charge is -2.18. The van der Waals surface area contributed by atoms with E-state index in [4.69, 9.17) is 8.92 Å². The lowest BCUT2D eigenvalue weighted by atomic mass is 10.0. The molecule has 1 unspecified atom stereocenters. The molecule has 1 aliphatic heterocycles. The molecule has 1 aromatic carbocycles. The van der Waals surface area contributed by atoms with Gasteiger partial charge in [0.25, 0.3) is 21.4 Å². The number of benzene rings is 1. The molecule has 174 valence electrons. The molecule has 3 rings (SSSR count). The number of aryl methyl sites for hydroxylation is 1. The van der Waals surface area contributed by atoms with E-state index in [9.17, 15) is 33.2 Å². The van der Waals surface area contributed by atoms with E-state index in [1.54, 1.807) is 6.07 Å². The number of aliphatic hydroxyl groups is 1. The summed E-state index contributed by atoms with van der Waals surface area (Å²) in [6.07, 6.45) is -1.87. The van der Waals surface area contributed by atoms with Crippen LogP contribution in [0.25, 0.3) is 0 Å². The van der Waals surface area contributed by atoms with Gasteiger partial charge in [-0.25, -0.2) is 4.79 Å². The monoisotopic (exact) mass is 469 g/mol. The van der Waals surface area contributed by atoms with Crippen LogP contribution in [-0.4, -0.2) is 52.6 Å². The molecular formula is C19H23N3O9S. The summed E-state index contributed by atoms with van der Waals surface area (Å²) in [6, 6.07) is 5.84. The lowest BCUT2D eigenvalue weighted by Crippen LogP contribution is -2.33. The summed E-state index contributed by atoms with van der Waals surface area (Å²) in [7, 11) is -4.19. The van der Waals surface area contributed by atoms with Gasteiger partial charge in [-0.2, -0.15) is 8.42 Å². The average Bonchev–Trinajstić information content (AvgIpc) is 3.11. The van der Waals surface area contributed by atoms with Crippen LogP contribution in [0, 0.1) is 17.0 Å². The molecule has 1 fully saturated rings. The number of aliphatic hydroxyl groups excluding tert-OH is 1. The molecule has 32 heavy (non-hydrogen) atoms. The number of ether oxygens (including phenoxy) is 1. The largest absolute Gasteiger partial charge is 0.394 e. The second-order valence-corrected chi connectivity index (χ2v) is 9.24. The van der Waals surface area contributed by atoms with E-state index >= 15 is 0 Å². The SMILES string of the molecule is Cc1cn([C@H]2C[C@H](OS(=O)(=O)CC(C)c3ccccc3[N+](=O)[O-])[C@@H](CO)O2)c(=O)[nH]c1=O. The zero-order valence-electron chi connectivity index (χ0n) is 17.3. The van der Waals surface area contributed by atoms with E-state index in [1.165, 1.54) is 38.2 Å². The number of hydrogen-bond donors (Lipinski definition) is 2. The Balaban J connectivity index is 1.77. The predicted octanol–water partition coefficient (Wildman–Crippen LogP) is 0.552. The van der Waals surface area contributed by atoms with Crippen molar-refractivity contribution in [2.45, 2.75) is 44.6 Å². The molecule has 0 bridgehead atoms. The Bertz CT molecular complexity index is 1220. The zero-order chi connectivity index (χ0) is 23.6. The van der Waals surface area contributed by atoms with Crippen LogP contribution in [0.3, 0.4) is 0 Å². The second-order valence-electron chi connectivity index (χ2n) is 7.60. The molecule has 0 amide bonds. The molecule has 0 spiro atoms. The van der Waals surface area contributed by atoms with Crippen LogP contribution >= 0.6 is 0 Å². The summed E-state index contributed by atoms with van der Waals surface area (Å²) >= 11 is 0. The zero-order valence-corrected chi connectivity index (χ0v) is 18.1. The fraction of sp³-hybridized carbons (Fsp3) is 0.474. The first-order valence-electron chi connectivity index (χ1n) is 9.75.